The van der Waals surface area contributed by atoms with Gasteiger partial charge in [0.15, 0.2) is 0 Å². The van der Waals surface area contributed by atoms with Gasteiger partial charge >= 0.3 is 0 Å². The third-order valence-electron chi connectivity index (χ3n) is 2.22. The van der Waals surface area contributed by atoms with Crippen LogP contribution < -0.4 is 0 Å². The number of rotatable bonds is 3. The molecule has 64 valence electrons. The third kappa shape index (κ3) is 2.81. The van der Waals surface area contributed by atoms with Crippen LogP contribution in [0.1, 0.15) is 19.3 Å². The van der Waals surface area contributed by atoms with Gasteiger partial charge in [-0.05, 0) is 25.2 Å². The summed E-state index contributed by atoms with van der Waals surface area (Å²) in [6.45, 7) is 1.93. The normalized spacial score (nSPS) is 25.2. The van der Waals surface area contributed by atoms with E-state index in [-0.39, 0.29) is 0 Å². The van der Waals surface area contributed by atoms with Crippen molar-refractivity contribution < 1.29 is 4.79 Å². The molecule has 1 aliphatic heterocycles. The predicted octanol–water partition coefficient (Wildman–Crippen LogP) is 1.64. The summed E-state index contributed by atoms with van der Waals surface area (Å²) >= 11 is 3.42. The number of hydrogen-bond acceptors (Lipinski definition) is 1. The van der Waals surface area contributed by atoms with Gasteiger partial charge in [-0.2, -0.15) is 0 Å². The van der Waals surface area contributed by atoms with Crippen molar-refractivity contribution in [3.8, 4) is 0 Å². The maximum Gasteiger partial charge on any atom is 0.209 e. The predicted molar refractivity (Wildman–Crippen MR) is 48.8 cm³/mol. The quantitative estimate of drug-likeness (QED) is 0.523. The Kier molecular flexibility index (Phi) is 3.91. The van der Waals surface area contributed by atoms with Crippen LogP contribution in [-0.4, -0.2) is 29.7 Å². The number of alkyl halides is 1. The lowest BCUT2D eigenvalue weighted by Crippen LogP contribution is -2.34. The van der Waals surface area contributed by atoms with E-state index in [1.165, 1.54) is 19.3 Å². The van der Waals surface area contributed by atoms with Gasteiger partial charge in [-0.3, -0.25) is 4.79 Å². The molecular formula is C8H14BrNO. The highest BCUT2D eigenvalue weighted by atomic mass is 79.9. The first-order valence-corrected chi connectivity index (χ1v) is 5.24. The molecule has 1 unspecified atom stereocenters. The molecule has 1 heterocycles. The number of halogens is 1. The highest BCUT2D eigenvalue weighted by Crippen LogP contribution is 2.18. The Hall–Kier alpha value is -0.0500. The molecule has 11 heavy (non-hydrogen) atoms. The molecule has 0 aliphatic carbocycles. The second-order valence-corrected chi connectivity index (χ2v) is 3.88. The Morgan fingerprint density at radius 1 is 1.64 bits per heavy atom. The van der Waals surface area contributed by atoms with Gasteiger partial charge in [0.1, 0.15) is 0 Å². The molecule has 0 radical (unpaired) electrons. The van der Waals surface area contributed by atoms with Crippen molar-refractivity contribution in [3.63, 3.8) is 0 Å². The molecule has 3 heteroatoms. The highest BCUT2D eigenvalue weighted by Gasteiger charge is 2.17. The number of carbonyl (C=O) groups excluding carboxylic acids is 1. The van der Waals surface area contributed by atoms with Crippen LogP contribution in [0.15, 0.2) is 0 Å². The van der Waals surface area contributed by atoms with Gasteiger partial charge in [0, 0.05) is 18.4 Å². The van der Waals surface area contributed by atoms with Crippen LogP contribution in [0.25, 0.3) is 0 Å². The Morgan fingerprint density at radius 2 is 2.45 bits per heavy atom. The topological polar surface area (TPSA) is 20.3 Å². The summed E-state index contributed by atoms with van der Waals surface area (Å²) in [4.78, 5) is 12.3. The molecule has 0 N–H and O–H groups in total. The van der Waals surface area contributed by atoms with Crippen LogP contribution in [0.5, 0.6) is 0 Å². The zero-order chi connectivity index (χ0) is 8.10. The molecule has 1 aliphatic rings. The van der Waals surface area contributed by atoms with Crippen LogP contribution >= 0.6 is 15.9 Å². The fourth-order valence-corrected chi connectivity index (χ4v) is 2.23. The van der Waals surface area contributed by atoms with E-state index in [9.17, 15) is 4.79 Å². The zero-order valence-corrected chi connectivity index (χ0v) is 8.22. The van der Waals surface area contributed by atoms with Crippen molar-refractivity contribution in [2.24, 2.45) is 5.92 Å². The van der Waals surface area contributed by atoms with Crippen LogP contribution in [0.4, 0.5) is 0 Å². The van der Waals surface area contributed by atoms with E-state index < -0.39 is 0 Å². The van der Waals surface area contributed by atoms with E-state index in [0.717, 1.165) is 30.7 Å². The Labute approximate surface area is 76.1 Å². The van der Waals surface area contributed by atoms with Crippen LogP contribution in [0.2, 0.25) is 0 Å². The van der Waals surface area contributed by atoms with Gasteiger partial charge in [0.05, 0.1) is 0 Å². The number of hydrogen-bond donors (Lipinski definition) is 0. The second kappa shape index (κ2) is 4.75. The smallest absolute Gasteiger partial charge is 0.209 e. The third-order valence-corrected chi connectivity index (χ3v) is 2.67. The number of likely N-dealkylation sites (tertiary alicyclic amines) is 1. The van der Waals surface area contributed by atoms with E-state index >= 15 is 0 Å². The van der Waals surface area contributed by atoms with E-state index in [2.05, 4.69) is 15.9 Å². The van der Waals surface area contributed by atoms with E-state index in [1.807, 2.05) is 4.90 Å². The van der Waals surface area contributed by atoms with E-state index in [1.54, 1.807) is 0 Å². The van der Waals surface area contributed by atoms with Gasteiger partial charge < -0.3 is 4.90 Å². The summed E-state index contributed by atoms with van der Waals surface area (Å²) in [5, 5.41) is 1.06. The summed E-state index contributed by atoms with van der Waals surface area (Å²) in [7, 11) is 0. The van der Waals surface area contributed by atoms with Crippen LogP contribution in [0.3, 0.4) is 0 Å². The molecule has 1 saturated heterocycles. The average Bonchev–Trinajstić information content (AvgIpc) is 2.06. The molecule has 0 aromatic rings. The fraction of sp³-hybridized carbons (Fsp3) is 0.875. The minimum Gasteiger partial charge on any atom is -0.345 e. The first kappa shape index (κ1) is 9.04. The lowest BCUT2D eigenvalue weighted by molar-refractivity contribution is -0.119. The maximum atomic E-state index is 10.4. The number of amides is 1. The maximum absolute atomic E-state index is 10.4. The van der Waals surface area contributed by atoms with E-state index in [4.69, 9.17) is 0 Å². The standard InChI is InChI=1S/C8H14BrNO/c9-4-3-8-2-1-5-10(6-8)7-11/h7-8H,1-6H2. The summed E-state index contributed by atoms with van der Waals surface area (Å²) in [6.07, 6.45) is 4.64. The SMILES string of the molecule is O=CN1CCCC(CCBr)C1. The molecule has 1 atom stereocenters. The van der Waals surface area contributed by atoms with Crippen LogP contribution in [0, 0.1) is 5.92 Å². The first-order valence-electron chi connectivity index (χ1n) is 4.12. The van der Waals surface area contributed by atoms with Crippen molar-refractivity contribution in [1.29, 1.82) is 0 Å². The first-order chi connectivity index (χ1) is 5.36. The molecule has 0 aromatic heterocycles. The van der Waals surface area contributed by atoms with Crippen molar-refractivity contribution in [2.75, 3.05) is 18.4 Å². The van der Waals surface area contributed by atoms with Crippen LogP contribution in [-0.2, 0) is 4.79 Å². The van der Waals surface area contributed by atoms with Crippen molar-refractivity contribution >= 4 is 22.3 Å². The fourth-order valence-electron chi connectivity index (χ4n) is 1.58. The summed E-state index contributed by atoms with van der Waals surface area (Å²) in [5.41, 5.74) is 0. The molecule has 0 saturated carbocycles. The monoisotopic (exact) mass is 219 g/mol. The van der Waals surface area contributed by atoms with E-state index in [0.29, 0.717) is 0 Å². The van der Waals surface area contributed by atoms with Gasteiger partial charge in [-0.25, -0.2) is 0 Å². The Balaban J connectivity index is 2.27. The second-order valence-electron chi connectivity index (χ2n) is 3.09. The average molecular weight is 220 g/mol. The van der Waals surface area contributed by atoms with Gasteiger partial charge in [-0.15, -0.1) is 0 Å². The summed E-state index contributed by atoms with van der Waals surface area (Å²) in [6, 6.07) is 0. The molecule has 0 spiro atoms. The lowest BCUT2D eigenvalue weighted by atomic mass is 9.96. The molecular weight excluding hydrogens is 206 g/mol. The number of piperidine rings is 1. The summed E-state index contributed by atoms with van der Waals surface area (Å²) < 4.78 is 0. The molecule has 1 amide bonds. The zero-order valence-electron chi connectivity index (χ0n) is 6.63. The largest absolute Gasteiger partial charge is 0.345 e. The van der Waals surface area contributed by atoms with Crippen molar-refractivity contribution in [2.45, 2.75) is 19.3 Å². The lowest BCUT2D eigenvalue weighted by Gasteiger charge is -2.29. The molecule has 0 bridgehead atoms. The number of nitrogens with zero attached hydrogens (tertiary/aromatic N) is 1. The van der Waals surface area contributed by atoms with Crippen molar-refractivity contribution in [1.82, 2.24) is 4.90 Å². The van der Waals surface area contributed by atoms with Gasteiger partial charge in [-0.1, -0.05) is 15.9 Å². The minimum atomic E-state index is 0.730. The Morgan fingerprint density at radius 3 is 3.09 bits per heavy atom. The minimum absolute atomic E-state index is 0.730. The van der Waals surface area contributed by atoms with Gasteiger partial charge in [0.25, 0.3) is 0 Å². The number of carbonyl (C=O) groups is 1. The molecule has 1 fully saturated rings. The Bertz CT molecular complexity index is 127. The van der Waals surface area contributed by atoms with Gasteiger partial charge in [0.2, 0.25) is 6.41 Å². The van der Waals surface area contributed by atoms with Crippen molar-refractivity contribution in [3.05, 3.63) is 0 Å². The molecule has 2 nitrogen and oxygen atoms in total. The molecule has 1 rings (SSSR count). The highest BCUT2D eigenvalue weighted by molar-refractivity contribution is 9.09. The molecule has 0 aromatic carbocycles. The summed E-state index contributed by atoms with van der Waals surface area (Å²) in [5.74, 6) is 0.730.